The van der Waals surface area contributed by atoms with Crippen molar-refractivity contribution in [3.05, 3.63) is 39.7 Å². The number of carboxylic acid groups (broad SMARTS) is 1. The van der Waals surface area contributed by atoms with Crippen LogP contribution in [0.25, 0.3) is 0 Å². The molecular formula is C11H10FNO5. The number of carbonyl (C=O) groups is 2. The maximum Gasteiger partial charge on any atom is 0.305 e. The van der Waals surface area contributed by atoms with Crippen LogP contribution < -0.4 is 0 Å². The first kappa shape index (κ1) is 13.8. The molecule has 0 saturated heterocycles. The molecular weight excluding hydrogens is 245 g/mol. The third kappa shape index (κ3) is 3.62. The summed E-state index contributed by atoms with van der Waals surface area (Å²) in [5.41, 5.74) is -0.757. The molecule has 0 saturated carbocycles. The summed E-state index contributed by atoms with van der Waals surface area (Å²) in [4.78, 5) is 31.4. The second-order valence-corrected chi connectivity index (χ2v) is 3.59. The fourth-order valence-electron chi connectivity index (χ4n) is 1.37. The van der Waals surface area contributed by atoms with Crippen molar-refractivity contribution in [1.82, 2.24) is 0 Å². The average molecular weight is 255 g/mol. The highest BCUT2D eigenvalue weighted by molar-refractivity contribution is 5.96. The van der Waals surface area contributed by atoms with E-state index in [2.05, 4.69) is 0 Å². The number of nitro groups is 1. The Labute approximate surface area is 101 Å². The van der Waals surface area contributed by atoms with Crippen LogP contribution in [0.5, 0.6) is 0 Å². The van der Waals surface area contributed by atoms with E-state index in [-0.39, 0.29) is 24.8 Å². The highest BCUT2D eigenvalue weighted by Crippen LogP contribution is 2.19. The van der Waals surface area contributed by atoms with Crippen molar-refractivity contribution in [3.63, 3.8) is 0 Å². The maximum absolute atomic E-state index is 13.0. The summed E-state index contributed by atoms with van der Waals surface area (Å²) < 4.78 is 13.0. The van der Waals surface area contributed by atoms with E-state index in [1.54, 1.807) is 0 Å². The first-order chi connectivity index (χ1) is 8.41. The van der Waals surface area contributed by atoms with Gasteiger partial charge in [-0.15, -0.1) is 0 Å². The fraction of sp³-hybridized carbons (Fsp3) is 0.273. The lowest BCUT2D eigenvalue weighted by atomic mass is 10.0. The molecule has 1 N–H and O–H groups in total. The second kappa shape index (κ2) is 5.85. The number of benzene rings is 1. The van der Waals surface area contributed by atoms with Crippen LogP contribution in [0.4, 0.5) is 10.1 Å². The summed E-state index contributed by atoms with van der Waals surface area (Å²) in [6, 6.07) is 2.85. The number of nitrogens with zero attached hydrogens (tertiary/aromatic N) is 1. The van der Waals surface area contributed by atoms with Crippen LogP contribution in [0, 0.1) is 15.9 Å². The highest BCUT2D eigenvalue weighted by Gasteiger charge is 2.17. The molecule has 0 aliphatic rings. The maximum atomic E-state index is 13.0. The number of carbonyl (C=O) groups excluding carboxylic acids is 1. The normalized spacial score (nSPS) is 10.1. The lowest BCUT2D eigenvalue weighted by Gasteiger charge is -2.00. The molecule has 6 nitrogen and oxygen atoms in total. The molecule has 0 atom stereocenters. The van der Waals surface area contributed by atoms with Crippen molar-refractivity contribution in [2.75, 3.05) is 0 Å². The van der Waals surface area contributed by atoms with Crippen LogP contribution in [-0.4, -0.2) is 21.8 Å². The Hall–Kier alpha value is -2.31. The van der Waals surface area contributed by atoms with Crippen molar-refractivity contribution in [1.29, 1.82) is 0 Å². The van der Waals surface area contributed by atoms with Gasteiger partial charge >= 0.3 is 11.7 Å². The summed E-state index contributed by atoms with van der Waals surface area (Å²) in [6.45, 7) is 0. The van der Waals surface area contributed by atoms with Gasteiger partial charge in [-0.05, 0) is 18.6 Å². The lowest BCUT2D eigenvalue weighted by Crippen LogP contribution is -2.03. The first-order valence-electron chi connectivity index (χ1n) is 5.10. The van der Waals surface area contributed by atoms with Gasteiger partial charge in [0.05, 0.1) is 4.92 Å². The van der Waals surface area contributed by atoms with Crippen molar-refractivity contribution in [2.24, 2.45) is 0 Å². The van der Waals surface area contributed by atoms with Gasteiger partial charge in [0.1, 0.15) is 0 Å². The van der Waals surface area contributed by atoms with E-state index in [1.807, 2.05) is 0 Å². The average Bonchev–Trinajstić information content (AvgIpc) is 2.28. The number of Topliss-reactive ketones (excluding diaryl/α,β-unsaturated/α-hetero) is 1. The Balaban J connectivity index is 2.77. The third-order valence-corrected chi connectivity index (χ3v) is 2.26. The van der Waals surface area contributed by atoms with Crippen molar-refractivity contribution in [2.45, 2.75) is 19.3 Å². The van der Waals surface area contributed by atoms with Gasteiger partial charge in [-0.1, -0.05) is 0 Å². The molecule has 96 valence electrons. The number of halogens is 1. The molecule has 0 heterocycles. The molecule has 1 aromatic carbocycles. The van der Waals surface area contributed by atoms with E-state index >= 15 is 0 Å². The smallest absolute Gasteiger partial charge is 0.305 e. The lowest BCUT2D eigenvalue weighted by molar-refractivity contribution is -0.387. The minimum absolute atomic E-state index is 0.00786. The Morgan fingerprint density at radius 3 is 2.56 bits per heavy atom. The first-order valence-corrected chi connectivity index (χ1v) is 5.10. The molecule has 7 heteroatoms. The number of aliphatic carboxylic acids is 1. The third-order valence-electron chi connectivity index (χ3n) is 2.26. The standard InChI is InChI=1S/C11H10FNO5/c12-8-5-4-7(6-9(8)13(17)18)10(14)2-1-3-11(15)16/h4-6H,1-3H2,(H,15,16). The molecule has 0 fully saturated rings. The van der Waals surface area contributed by atoms with E-state index in [4.69, 9.17) is 5.11 Å². The fourth-order valence-corrected chi connectivity index (χ4v) is 1.37. The van der Waals surface area contributed by atoms with Gasteiger partial charge in [-0.2, -0.15) is 4.39 Å². The Kier molecular flexibility index (Phi) is 4.47. The minimum atomic E-state index is -1.02. The topological polar surface area (TPSA) is 97.5 Å². The molecule has 0 aromatic heterocycles. The van der Waals surface area contributed by atoms with Crippen molar-refractivity contribution >= 4 is 17.4 Å². The molecule has 1 rings (SSSR count). The molecule has 0 radical (unpaired) electrons. The number of nitro benzene ring substituents is 1. The summed E-state index contributed by atoms with van der Waals surface area (Å²) in [7, 11) is 0. The zero-order valence-corrected chi connectivity index (χ0v) is 9.26. The van der Waals surface area contributed by atoms with Gasteiger partial charge in [0.25, 0.3) is 0 Å². The predicted octanol–water partition coefficient (Wildman–Crippen LogP) is 2.17. The molecule has 0 aliphatic heterocycles. The molecule has 0 bridgehead atoms. The quantitative estimate of drug-likeness (QED) is 0.477. The van der Waals surface area contributed by atoms with Crippen LogP contribution in [-0.2, 0) is 4.79 Å². The molecule has 0 aliphatic carbocycles. The second-order valence-electron chi connectivity index (χ2n) is 3.59. The van der Waals surface area contributed by atoms with Gasteiger partial charge in [0, 0.05) is 24.5 Å². The van der Waals surface area contributed by atoms with Crippen LogP contribution in [0.15, 0.2) is 18.2 Å². The number of carboxylic acids is 1. The number of rotatable bonds is 6. The highest BCUT2D eigenvalue weighted by atomic mass is 19.1. The number of hydrogen-bond acceptors (Lipinski definition) is 4. The Morgan fingerprint density at radius 2 is 2.00 bits per heavy atom. The van der Waals surface area contributed by atoms with E-state index in [1.165, 1.54) is 0 Å². The van der Waals surface area contributed by atoms with Gasteiger partial charge in [-0.3, -0.25) is 19.7 Å². The SMILES string of the molecule is O=C(O)CCCC(=O)c1ccc(F)c([N+](=O)[O-])c1. The van der Waals surface area contributed by atoms with Crippen molar-refractivity contribution in [3.8, 4) is 0 Å². The number of hydrogen-bond donors (Lipinski definition) is 1. The van der Waals surface area contributed by atoms with Crippen LogP contribution in [0.1, 0.15) is 29.6 Å². The molecule has 18 heavy (non-hydrogen) atoms. The van der Waals surface area contributed by atoms with Crippen LogP contribution in [0.3, 0.4) is 0 Å². The summed E-state index contributed by atoms with van der Waals surface area (Å²) >= 11 is 0. The van der Waals surface area contributed by atoms with Crippen LogP contribution in [0.2, 0.25) is 0 Å². The van der Waals surface area contributed by atoms with Gasteiger partial charge in [-0.25, -0.2) is 0 Å². The zero-order chi connectivity index (χ0) is 13.7. The molecule has 0 amide bonds. The van der Waals surface area contributed by atoms with Gasteiger partial charge < -0.3 is 5.11 Å². The predicted molar refractivity (Wildman–Crippen MR) is 58.9 cm³/mol. The number of ketones is 1. The molecule has 1 aromatic rings. The van der Waals surface area contributed by atoms with Crippen LogP contribution >= 0.6 is 0 Å². The summed E-state index contributed by atoms with van der Waals surface area (Å²) in [5.74, 6) is -2.48. The van der Waals surface area contributed by atoms with E-state index in [9.17, 15) is 24.1 Å². The molecule has 0 spiro atoms. The monoisotopic (exact) mass is 255 g/mol. The Morgan fingerprint density at radius 1 is 1.33 bits per heavy atom. The van der Waals surface area contributed by atoms with E-state index in [0.29, 0.717) is 0 Å². The van der Waals surface area contributed by atoms with E-state index in [0.717, 1.165) is 18.2 Å². The minimum Gasteiger partial charge on any atom is -0.481 e. The zero-order valence-electron chi connectivity index (χ0n) is 9.26. The van der Waals surface area contributed by atoms with Gasteiger partial charge in [0.2, 0.25) is 5.82 Å². The molecule has 0 unspecified atom stereocenters. The summed E-state index contributed by atoms with van der Waals surface area (Å²) in [6.07, 6.45) is -0.0660. The summed E-state index contributed by atoms with van der Waals surface area (Å²) in [5, 5.41) is 18.9. The van der Waals surface area contributed by atoms with Gasteiger partial charge in [0.15, 0.2) is 5.78 Å². The van der Waals surface area contributed by atoms with E-state index < -0.39 is 28.2 Å². The largest absolute Gasteiger partial charge is 0.481 e. The van der Waals surface area contributed by atoms with Crippen molar-refractivity contribution < 1.29 is 24.0 Å². The Bertz CT molecular complexity index is 500.